The summed E-state index contributed by atoms with van der Waals surface area (Å²) in [5, 5.41) is 14.9. The standard InChI is InChI=1S/C26H28ClN3O2/c1-18-26(27)21(16-19-10-12-22(13-11-19)30-15-5-14-28-30)17-23(29-18)25(32)9-4-7-20-6-2-3-8-24(20)31/h4-5,7,10-15,17,20,24,31H,2-3,6,8-9,16H2,1H3/b7-4+/t20?,24-/m0/s1. The SMILES string of the molecule is Cc1nc(C(=O)C/C=C/C2CCCC[C@@H]2O)cc(Cc2ccc(-n3cccn3)cc2)c1Cl. The Bertz CT molecular complexity index is 1090. The first-order valence-electron chi connectivity index (χ1n) is 11.1. The number of aliphatic hydroxyl groups is 1. The average molecular weight is 450 g/mol. The van der Waals surface area contributed by atoms with Crippen LogP contribution < -0.4 is 0 Å². The molecule has 6 heteroatoms. The molecule has 0 aliphatic heterocycles. The summed E-state index contributed by atoms with van der Waals surface area (Å²) in [4.78, 5) is 17.2. The number of ketones is 1. The lowest BCUT2D eigenvalue weighted by atomic mass is 9.86. The molecule has 1 aromatic carbocycles. The fourth-order valence-electron chi connectivity index (χ4n) is 4.22. The molecule has 4 rings (SSSR count). The van der Waals surface area contributed by atoms with E-state index in [1.54, 1.807) is 6.20 Å². The zero-order valence-electron chi connectivity index (χ0n) is 18.2. The zero-order chi connectivity index (χ0) is 22.5. The van der Waals surface area contributed by atoms with Gasteiger partial charge in [-0.25, -0.2) is 9.67 Å². The molecule has 0 saturated heterocycles. The minimum absolute atomic E-state index is 0.0402. The molecule has 1 N–H and O–H groups in total. The number of allylic oxidation sites excluding steroid dienone is 1. The molecule has 1 unspecified atom stereocenters. The quantitative estimate of drug-likeness (QED) is 0.382. The summed E-state index contributed by atoms with van der Waals surface area (Å²) in [5.74, 6) is 0.110. The predicted molar refractivity (Wildman–Crippen MR) is 126 cm³/mol. The van der Waals surface area contributed by atoms with E-state index < -0.39 is 0 Å². The van der Waals surface area contributed by atoms with Crippen molar-refractivity contribution in [3.05, 3.63) is 88.5 Å². The number of carbonyl (C=O) groups is 1. The molecular weight excluding hydrogens is 422 g/mol. The summed E-state index contributed by atoms with van der Waals surface area (Å²) < 4.78 is 1.81. The first-order valence-corrected chi connectivity index (χ1v) is 11.5. The Morgan fingerprint density at radius 2 is 2.03 bits per heavy atom. The van der Waals surface area contributed by atoms with Gasteiger partial charge in [-0.15, -0.1) is 0 Å². The molecule has 0 amide bonds. The van der Waals surface area contributed by atoms with Crippen LogP contribution in [-0.4, -0.2) is 31.8 Å². The van der Waals surface area contributed by atoms with Crippen LogP contribution in [0.5, 0.6) is 0 Å². The van der Waals surface area contributed by atoms with Crippen LogP contribution >= 0.6 is 11.6 Å². The van der Waals surface area contributed by atoms with Gasteiger partial charge in [0.2, 0.25) is 0 Å². The maximum Gasteiger partial charge on any atom is 0.184 e. The highest BCUT2D eigenvalue weighted by atomic mass is 35.5. The van der Waals surface area contributed by atoms with Crippen LogP contribution in [0.25, 0.3) is 5.69 Å². The van der Waals surface area contributed by atoms with E-state index in [0.717, 1.165) is 42.5 Å². The van der Waals surface area contributed by atoms with Crippen LogP contribution in [0.3, 0.4) is 0 Å². The number of carbonyl (C=O) groups excluding carboxylic acids is 1. The maximum atomic E-state index is 12.8. The van der Waals surface area contributed by atoms with Gasteiger partial charge in [0.1, 0.15) is 5.69 Å². The van der Waals surface area contributed by atoms with E-state index in [-0.39, 0.29) is 24.2 Å². The topological polar surface area (TPSA) is 68.0 Å². The van der Waals surface area contributed by atoms with E-state index in [4.69, 9.17) is 11.6 Å². The lowest BCUT2D eigenvalue weighted by molar-refractivity contribution is 0.0920. The van der Waals surface area contributed by atoms with E-state index in [9.17, 15) is 9.90 Å². The van der Waals surface area contributed by atoms with Gasteiger partial charge in [-0.05, 0) is 61.6 Å². The Hall–Kier alpha value is -2.76. The van der Waals surface area contributed by atoms with Crippen molar-refractivity contribution >= 4 is 17.4 Å². The van der Waals surface area contributed by atoms with Gasteiger partial charge in [-0.1, -0.05) is 48.7 Å². The van der Waals surface area contributed by atoms with E-state index in [2.05, 4.69) is 10.1 Å². The fourth-order valence-corrected chi connectivity index (χ4v) is 4.38. The number of aryl methyl sites for hydroxylation is 1. The Balaban J connectivity index is 1.45. The lowest BCUT2D eigenvalue weighted by Crippen LogP contribution is -2.22. The van der Waals surface area contributed by atoms with Crippen LogP contribution in [0.1, 0.15) is 59.4 Å². The van der Waals surface area contributed by atoms with Crippen molar-refractivity contribution in [3.8, 4) is 5.69 Å². The molecule has 0 bridgehead atoms. The van der Waals surface area contributed by atoms with Crippen molar-refractivity contribution in [3.63, 3.8) is 0 Å². The highest BCUT2D eigenvalue weighted by Crippen LogP contribution is 2.26. The predicted octanol–water partition coefficient (Wildman–Crippen LogP) is 5.50. The van der Waals surface area contributed by atoms with Gasteiger partial charge in [0, 0.05) is 24.7 Å². The molecule has 166 valence electrons. The van der Waals surface area contributed by atoms with Crippen molar-refractivity contribution in [1.29, 1.82) is 0 Å². The van der Waals surface area contributed by atoms with E-state index >= 15 is 0 Å². The van der Waals surface area contributed by atoms with Crippen LogP contribution in [0.4, 0.5) is 0 Å². The number of aliphatic hydroxyl groups excluding tert-OH is 1. The number of rotatable bonds is 7. The number of pyridine rings is 1. The van der Waals surface area contributed by atoms with Crippen molar-refractivity contribution in [2.24, 2.45) is 5.92 Å². The highest BCUT2D eigenvalue weighted by Gasteiger charge is 2.20. The molecular formula is C26H28ClN3O2. The Kier molecular flexibility index (Phi) is 7.18. The minimum atomic E-state index is -0.294. The molecule has 3 aromatic rings. The lowest BCUT2D eigenvalue weighted by Gasteiger charge is -2.24. The van der Waals surface area contributed by atoms with E-state index in [0.29, 0.717) is 22.8 Å². The molecule has 1 aliphatic rings. The van der Waals surface area contributed by atoms with Crippen LogP contribution in [0, 0.1) is 12.8 Å². The molecule has 1 aliphatic carbocycles. The largest absolute Gasteiger partial charge is 0.393 e. The van der Waals surface area contributed by atoms with Crippen LogP contribution in [0.2, 0.25) is 5.02 Å². The number of Topliss-reactive ketones (excluding diaryl/α,β-unsaturated/α-hetero) is 1. The first-order chi connectivity index (χ1) is 15.5. The third-order valence-corrected chi connectivity index (χ3v) is 6.57. The van der Waals surface area contributed by atoms with E-state index in [1.165, 1.54) is 0 Å². The fraction of sp³-hybridized carbons (Fsp3) is 0.346. The number of halogens is 1. The van der Waals surface area contributed by atoms with Crippen molar-refractivity contribution in [2.75, 3.05) is 0 Å². The molecule has 0 spiro atoms. The molecule has 32 heavy (non-hydrogen) atoms. The number of aromatic nitrogens is 3. The summed E-state index contributed by atoms with van der Waals surface area (Å²) in [7, 11) is 0. The van der Waals surface area contributed by atoms with Gasteiger partial charge in [0.25, 0.3) is 0 Å². The Morgan fingerprint density at radius 3 is 2.75 bits per heavy atom. The summed E-state index contributed by atoms with van der Waals surface area (Å²) in [5.41, 5.74) is 4.07. The third kappa shape index (κ3) is 5.34. The molecule has 2 heterocycles. The normalized spacial score (nSPS) is 18.8. The van der Waals surface area contributed by atoms with Gasteiger partial charge in [0.15, 0.2) is 5.78 Å². The number of hydrogen-bond acceptors (Lipinski definition) is 4. The summed E-state index contributed by atoms with van der Waals surface area (Å²) >= 11 is 6.52. The summed E-state index contributed by atoms with van der Waals surface area (Å²) in [6.45, 7) is 1.83. The number of hydrogen-bond donors (Lipinski definition) is 1. The second kappa shape index (κ2) is 10.2. The van der Waals surface area contributed by atoms with Gasteiger partial charge in [0.05, 0.1) is 22.5 Å². The number of nitrogens with zero attached hydrogens (tertiary/aromatic N) is 3. The number of benzene rings is 1. The molecule has 1 saturated carbocycles. The van der Waals surface area contributed by atoms with Crippen LogP contribution in [0.15, 0.2) is 60.9 Å². The Morgan fingerprint density at radius 1 is 1.25 bits per heavy atom. The smallest absolute Gasteiger partial charge is 0.184 e. The summed E-state index contributed by atoms with van der Waals surface area (Å²) in [6, 6.07) is 11.8. The van der Waals surface area contributed by atoms with Gasteiger partial charge in [-0.2, -0.15) is 5.10 Å². The second-order valence-electron chi connectivity index (χ2n) is 8.43. The zero-order valence-corrected chi connectivity index (χ0v) is 19.0. The average Bonchev–Trinajstić information content (AvgIpc) is 3.33. The highest BCUT2D eigenvalue weighted by molar-refractivity contribution is 6.32. The van der Waals surface area contributed by atoms with Gasteiger partial charge in [-0.3, -0.25) is 4.79 Å². The molecule has 2 atom stereocenters. The Labute approximate surface area is 193 Å². The van der Waals surface area contributed by atoms with Gasteiger partial charge >= 0.3 is 0 Å². The second-order valence-corrected chi connectivity index (χ2v) is 8.81. The van der Waals surface area contributed by atoms with Crippen molar-refractivity contribution in [1.82, 2.24) is 14.8 Å². The molecule has 5 nitrogen and oxygen atoms in total. The monoisotopic (exact) mass is 449 g/mol. The minimum Gasteiger partial charge on any atom is -0.393 e. The molecule has 0 radical (unpaired) electrons. The van der Waals surface area contributed by atoms with Gasteiger partial charge < -0.3 is 5.11 Å². The first kappa shape index (κ1) is 22.4. The third-order valence-electron chi connectivity index (χ3n) is 6.05. The van der Waals surface area contributed by atoms with Crippen molar-refractivity contribution < 1.29 is 9.90 Å². The van der Waals surface area contributed by atoms with E-state index in [1.807, 2.05) is 66.4 Å². The summed E-state index contributed by atoms with van der Waals surface area (Å²) in [6.07, 6.45) is 12.1. The van der Waals surface area contributed by atoms with Crippen LogP contribution in [-0.2, 0) is 6.42 Å². The molecule has 1 fully saturated rings. The van der Waals surface area contributed by atoms with Crippen molar-refractivity contribution in [2.45, 2.75) is 51.6 Å². The molecule has 2 aromatic heterocycles. The maximum absolute atomic E-state index is 12.8.